The maximum Gasteiger partial charge on any atom is 0.0675 e. The summed E-state index contributed by atoms with van der Waals surface area (Å²) in [4.78, 5) is 0. The van der Waals surface area contributed by atoms with Gasteiger partial charge in [-0.15, -0.1) is 0 Å². The summed E-state index contributed by atoms with van der Waals surface area (Å²) in [6.07, 6.45) is 2.19. The number of nitrogens with one attached hydrogen (secondary N) is 1. The number of rotatable bonds is 3. The number of para-hydroxylation sites is 1. The maximum absolute atomic E-state index is 6.28. The SMILES string of the molecule is CNCc1cn(C(C)C)c2c(Cl)cccc12. The Balaban J connectivity index is 2.71. The van der Waals surface area contributed by atoms with Crippen molar-refractivity contribution in [1.29, 1.82) is 0 Å². The lowest BCUT2D eigenvalue weighted by atomic mass is 10.2. The Kier molecular flexibility index (Phi) is 3.22. The van der Waals surface area contributed by atoms with Crippen LogP contribution in [-0.2, 0) is 6.54 Å². The van der Waals surface area contributed by atoms with Gasteiger partial charge in [0, 0.05) is 24.2 Å². The van der Waals surface area contributed by atoms with E-state index in [0.717, 1.165) is 17.1 Å². The van der Waals surface area contributed by atoms with Crippen LogP contribution in [0.3, 0.4) is 0 Å². The van der Waals surface area contributed by atoms with Gasteiger partial charge in [-0.25, -0.2) is 0 Å². The van der Waals surface area contributed by atoms with Gasteiger partial charge in [-0.3, -0.25) is 0 Å². The molecule has 0 spiro atoms. The number of nitrogens with zero attached hydrogens (tertiary/aromatic N) is 1. The van der Waals surface area contributed by atoms with E-state index in [1.807, 2.05) is 19.2 Å². The molecule has 2 nitrogen and oxygen atoms in total. The molecule has 1 aromatic carbocycles. The number of fused-ring (bicyclic) bond motifs is 1. The summed E-state index contributed by atoms with van der Waals surface area (Å²) < 4.78 is 2.24. The minimum absolute atomic E-state index is 0.424. The van der Waals surface area contributed by atoms with Crippen LogP contribution in [-0.4, -0.2) is 11.6 Å². The van der Waals surface area contributed by atoms with E-state index in [1.54, 1.807) is 0 Å². The molecule has 1 heterocycles. The Bertz CT molecular complexity index is 500. The van der Waals surface area contributed by atoms with Crippen LogP contribution >= 0.6 is 11.6 Å². The van der Waals surface area contributed by atoms with Crippen LogP contribution in [0.1, 0.15) is 25.5 Å². The summed E-state index contributed by atoms with van der Waals surface area (Å²) in [6.45, 7) is 5.22. The molecule has 0 bridgehead atoms. The van der Waals surface area contributed by atoms with E-state index in [-0.39, 0.29) is 0 Å². The molecule has 0 aliphatic rings. The predicted octanol–water partition coefficient (Wildman–Crippen LogP) is 3.60. The summed E-state index contributed by atoms with van der Waals surface area (Å²) in [5.74, 6) is 0. The number of hydrogen-bond acceptors (Lipinski definition) is 1. The Morgan fingerprint density at radius 3 is 2.75 bits per heavy atom. The van der Waals surface area contributed by atoms with Crippen molar-refractivity contribution < 1.29 is 0 Å². The molecule has 0 fully saturated rings. The van der Waals surface area contributed by atoms with Crippen molar-refractivity contribution in [2.24, 2.45) is 0 Å². The van der Waals surface area contributed by atoms with Gasteiger partial charge in [-0.1, -0.05) is 23.7 Å². The molecule has 16 heavy (non-hydrogen) atoms. The Labute approximate surface area is 101 Å². The van der Waals surface area contributed by atoms with Crippen LogP contribution in [0.4, 0.5) is 0 Å². The average molecular weight is 237 g/mol. The standard InChI is InChI=1S/C13H17ClN2/c1-9(2)16-8-10(7-15-3)11-5-4-6-12(14)13(11)16/h4-6,8-9,15H,7H2,1-3H3. The zero-order valence-corrected chi connectivity index (χ0v) is 10.7. The summed E-state index contributed by atoms with van der Waals surface area (Å²) >= 11 is 6.28. The van der Waals surface area contributed by atoms with E-state index < -0.39 is 0 Å². The average Bonchev–Trinajstić information content (AvgIpc) is 2.60. The molecule has 0 radical (unpaired) electrons. The van der Waals surface area contributed by atoms with Crippen LogP contribution in [0.25, 0.3) is 10.9 Å². The molecule has 2 rings (SSSR count). The van der Waals surface area contributed by atoms with Crippen molar-refractivity contribution >= 4 is 22.5 Å². The third kappa shape index (κ3) is 1.83. The minimum atomic E-state index is 0.424. The number of hydrogen-bond donors (Lipinski definition) is 1. The Hall–Kier alpha value is -0.990. The molecule has 0 saturated carbocycles. The van der Waals surface area contributed by atoms with Crippen molar-refractivity contribution in [3.8, 4) is 0 Å². The molecule has 3 heteroatoms. The molecule has 86 valence electrons. The van der Waals surface area contributed by atoms with Gasteiger partial charge in [-0.2, -0.15) is 0 Å². The Morgan fingerprint density at radius 2 is 2.12 bits per heavy atom. The lowest BCUT2D eigenvalue weighted by Gasteiger charge is -2.09. The van der Waals surface area contributed by atoms with E-state index in [0.29, 0.717) is 6.04 Å². The van der Waals surface area contributed by atoms with Crippen molar-refractivity contribution in [1.82, 2.24) is 9.88 Å². The topological polar surface area (TPSA) is 17.0 Å². The highest BCUT2D eigenvalue weighted by molar-refractivity contribution is 6.35. The van der Waals surface area contributed by atoms with Gasteiger partial charge in [0.05, 0.1) is 10.5 Å². The fourth-order valence-corrected chi connectivity index (χ4v) is 2.35. The molecule has 1 N–H and O–H groups in total. The van der Waals surface area contributed by atoms with Gasteiger partial charge < -0.3 is 9.88 Å². The van der Waals surface area contributed by atoms with E-state index in [1.165, 1.54) is 10.9 Å². The number of benzene rings is 1. The van der Waals surface area contributed by atoms with Crippen molar-refractivity contribution in [3.05, 3.63) is 35.0 Å². The van der Waals surface area contributed by atoms with Gasteiger partial charge in [0.1, 0.15) is 0 Å². The maximum atomic E-state index is 6.28. The lowest BCUT2D eigenvalue weighted by Crippen LogP contribution is -2.04. The fourth-order valence-electron chi connectivity index (χ4n) is 2.08. The number of aromatic nitrogens is 1. The van der Waals surface area contributed by atoms with Gasteiger partial charge in [-0.05, 0) is 32.5 Å². The molecule has 2 aromatic rings. The molecular formula is C13H17ClN2. The third-order valence-corrected chi connectivity index (χ3v) is 3.11. The summed E-state index contributed by atoms with van der Waals surface area (Å²) in [5, 5.41) is 5.26. The second-order valence-electron chi connectivity index (χ2n) is 4.32. The molecule has 0 aliphatic carbocycles. The van der Waals surface area contributed by atoms with Gasteiger partial charge >= 0.3 is 0 Å². The first kappa shape index (κ1) is 11.5. The lowest BCUT2D eigenvalue weighted by molar-refractivity contribution is 0.619. The summed E-state index contributed by atoms with van der Waals surface area (Å²) in [6, 6.07) is 6.51. The Morgan fingerprint density at radius 1 is 1.38 bits per heavy atom. The van der Waals surface area contributed by atoms with E-state index in [4.69, 9.17) is 11.6 Å². The second-order valence-corrected chi connectivity index (χ2v) is 4.73. The highest BCUT2D eigenvalue weighted by atomic mass is 35.5. The van der Waals surface area contributed by atoms with Gasteiger partial charge in [0.25, 0.3) is 0 Å². The first-order valence-corrected chi connectivity index (χ1v) is 5.95. The molecule has 0 atom stereocenters. The number of halogens is 1. The highest BCUT2D eigenvalue weighted by Crippen LogP contribution is 2.30. The molecule has 1 aromatic heterocycles. The van der Waals surface area contributed by atoms with Crippen LogP contribution in [0.15, 0.2) is 24.4 Å². The first-order valence-electron chi connectivity index (χ1n) is 5.57. The smallest absolute Gasteiger partial charge is 0.0675 e. The van der Waals surface area contributed by atoms with Gasteiger partial charge in [0.2, 0.25) is 0 Å². The summed E-state index contributed by atoms with van der Waals surface area (Å²) in [5.41, 5.74) is 2.44. The molecule has 0 aliphatic heterocycles. The van der Waals surface area contributed by atoms with Crippen LogP contribution in [0.2, 0.25) is 5.02 Å². The highest BCUT2D eigenvalue weighted by Gasteiger charge is 2.12. The van der Waals surface area contributed by atoms with E-state index >= 15 is 0 Å². The van der Waals surface area contributed by atoms with Crippen molar-refractivity contribution in [2.45, 2.75) is 26.4 Å². The second kappa shape index (κ2) is 4.48. The first-order chi connectivity index (χ1) is 7.65. The normalized spacial score (nSPS) is 11.6. The quantitative estimate of drug-likeness (QED) is 0.862. The monoisotopic (exact) mass is 236 g/mol. The molecular weight excluding hydrogens is 220 g/mol. The predicted molar refractivity (Wildman–Crippen MR) is 70.1 cm³/mol. The van der Waals surface area contributed by atoms with E-state index in [9.17, 15) is 0 Å². The van der Waals surface area contributed by atoms with Gasteiger partial charge in [0.15, 0.2) is 0 Å². The van der Waals surface area contributed by atoms with Crippen molar-refractivity contribution in [2.75, 3.05) is 7.05 Å². The van der Waals surface area contributed by atoms with Crippen LogP contribution in [0.5, 0.6) is 0 Å². The molecule has 0 unspecified atom stereocenters. The van der Waals surface area contributed by atoms with Crippen molar-refractivity contribution in [3.63, 3.8) is 0 Å². The minimum Gasteiger partial charge on any atom is -0.343 e. The van der Waals surface area contributed by atoms with Crippen LogP contribution < -0.4 is 5.32 Å². The molecule has 0 amide bonds. The largest absolute Gasteiger partial charge is 0.343 e. The zero-order chi connectivity index (χ0) is 11.7. The third-order valence-electron chi connectivity index (χ3n) is 2.81. The van der Waals surface area contributed by atoms with E-state index in [2.05, 4.69) is 36.0 Å². The zero-order valence-electron chi connectivity index (χ0n) is 9.92. The van der Waals surface area contributed by atoms with Crippen LogP contribution in [0, 0.1) is 0 Å². The molecule has 0 saturated heterocycles. The summed E-state index contributed by atoms with van der Waals surface area (Å²) in [7, 11) is 1.96. The fraction of sp³-hybridized carbons (Fsp3) is 0.385.